The Bertz CT molecular complexity index is 515. The fourth-order valence-electron chi connectivity index (χ4n) is 2.45. The first-order valence-corrected chi connectivity index (χ1v) is 7.41. The van der Waals surface area contributed by atoms with Gasteiger partial charge >= 0.3 is 6.09 Å². The lowest BCUT2D eigenvalue weighted by molar-refractivity contribution is 0.0288. The maximum absolute atomic E-state index is 12.8. The predicted octanol–water partition coefficient (Wildman–Crippen LogP) is 2.31. The molecule has 2 rings (SSSR count). The summed E-state index contributed by atoms with van der Waals surface area (Å²) in [6.07, 6.45) is 2.95. The number of hydrogen-bond donors (Lipinski definition) is 0. The summed E-state index contributed by atoms with van der Waals surface area (Å²) in [5.41, 5.74) is -0.478. The highest BCUT2D eigenvalue weighted by Gasteiger charge is 2.30. The number of likely N-dealkylation sites (tertiary alicyclic amines) is 1. The van der Waals surface area contributed by atoms with E-state index in [1.165, 1.54) is 0 Å². The monoisotopic (exact) mass is 310 g/mol. The van der Waals surface area contributed by atoms with Gasteiger partial charge in [-0.25, -0.2) is 19.2 Å². The maximum Gasteiger partial charge on any atom is 0.410 e. The summed E-state index contributed by atoms with van der Waals surface area (Å²) in [4.78, 5) is 23.5. The lowest BCUT2D eigenvalue weighted by atomic mass is 10.1. The molecule has 122 valence electrons. The molecule has 1 aromatic heterocycles. The third-order valence-electron chi connectivity index (χ3n) is 3.42. The normalized spacial score (nSPS) is 18.4. The molecule has 2 heterocycles. The molecular weight excluding hydrogens is 287 g/mol. The zero-order valence-corrected chi connectivity index (χ0v) is 13.5. The zero-order valence-electron chi connectivity index (χ0n) is 13.5. The van der Waals surface area contributed by atoms with Gasteiger partial charge in [0, 0.05) is 26.7 Å². The molecule has 0 bridgehead atoms. The molecule has 1 atom stereocenters. The standard InChI is InChI=1S/C15H23FN4O2/c1-15(2,3)22-14(21)20-6-5-11(10-20)9-19(4)13-17-7-12(16)8-18-13/h7-8,11H,5-6,9-10H2,1-4H3/t11-/m0/s1. The van der Waals surface area contributed by atoms with E-state index in [1.54, 1.807) is 4.90 Å². The molecule has 6 nitrogen and oxygen atoms in total. The van der Waals surface area contributed by atoms with Gasteiger partial charge < -0.3 is 14.5 Å². The van der Waals surface area contributed by atoms with Crippen LogP contribution in [0.15, 0.2) is 12.4 Å². The predicted molar refractivity (Wildman–Crippen MR) is 81.2 cm³/mol. The van der Waals surface area contributed by atoms with Crippen molar-refractivity contribution in [3.8, 4) is 0 Å². The van der Waals surface area contributed by atoms with Crippen molar-refractivity contribution in [2.45, 2.75) is 32.8 Å². The van der Waals surface area contributed by atoms with E-state index in [1.807, 2.05) is 32.7 Å². The molecule has 1 amide bonds. The Balaban J connectivity index is 1.85. The number of carbonyl (C=O) groups is 1. The van der Waals surface area contributed by atoms with Crippen molar-refractivity contribution in [1.29, 1.82) is 0 Å². The van der Waals surface area contributed by atoms with Crippen LogP contribution >= 0.6 is 0 Å². The van der Waals surface area contributed by atoms with Gasteiger partial charge in [-0.2, -0.15) is 0 Å². The van der Waals surface area contributed by atoms with E-state index < -0.39 is 11.4 Å². The summed E-state index contributed by atoms with van der Waals surface area (Å²) < 4.78 is 18.2. The second-order valence-corrected chi connectivity index (χ2v) is 6.66. The maximum atomic E-state index is 12.8. The highest BCUT2D eigenvalue weighted by Crippen LogP contribution is 2.21. The first-order valence-electron chi connectivity index (χ1n) is 7.41. The lowest BCUT2D eigenvalue weighted by Crippen LogP contribution is -2.36. The number of nitrogens with zero attached hydrogens (tertiary/aromatic N) is 4. The van der Waals surface area contributed by atoms with Crippen LogP contribution in [0.2, 0.25) is 0 Å². The first-order chi connectivity index (χ1) is 10.2. The number of halogens is 1. The minimum atomic E-state index is -0.478. The van der Waals surface area contributed by atoms with E-state index >= 15 is 0 Å². The van der Waals surface area contributed by atoms with E-state index in [0.29, 0.717) is 31.5 Å². The van der Waals surface area contributed by atoms with Crippen LogP contribution in [0, 0.1) is 11.7 Å². The molecule has 1 aromatic rings. The van der Waals surface area contributed by atoms with E-state index in [2.05, 4.69) is 9.97 Å². The molecular formula is C15H23FN4O2. The van der Waals surface area contributed by atoms with Crippen molar-refractivity contribution < 1.29 is 13.9 Å². The van der Waals surface area contributed by atoms with Crippen molar-refractivity contribution in [1.82, 2.24) is 14.9 Å². The van der Waals surface area contributed by atoms with Gasteiger partial charge in [0.1, 0.15) is 5.60 Å². The summed E-state index contributed by atoms with van der Waals surface area (Å²) in [6.45, 7) is 7.64. The van der Waals surface area contributed by atoms with Crippen LogP contribution in [0.3, 0.4) is 0 Å². The number of amides is 1. The van der Waals surface area contributed by atoms with Gasteiger partial charge in [-0.1, -0.05) is 0 Å². The second-order valence-electron chi connectivity index (χ2n) is 6.66. The molecule has 7 heteroatoms. The smallest absolute Gasteiger partial charge is 0.410 e. The topological polar surface area (TPSA) is 58.6 Å². The minimum Gasteiger partial charge on any atom is -0.444 e. The second kappa shape index (κ2) is 6.46. The fraction of sp³-hybridized carbons (Fsp3) is 0.667. The average molecular weight is 310 g/mol. The summed E-state index contributed by atoms with van der Waals surface area (Å²) in [5, 5.41) is 0. The SMILES string of the molecule is CN(C[C@@H]1CCN(C(=O)OC(C)(C)C)C1)c1ncc(F)cn1. The molecule has 1 aliphatic heterocycles. The van der Waals surface area contributed by atoms with Crippen LogP contribution in [-0.4, -0.2) is 53.2 Å². The number of ether oxygens (including phenoxy) is 1. The molecule has 0 N–H and O–H groups in total. The minimum absolute atomic E-state index is 0.268. The molecule has 1 fully saturated rings. The van der Waals surface area contributed by atoms with Gasteiger partial charge in [-0.15, -0.1) is 0 Å². The molecule has 0 spiro atoms. The molecule has 1 aliphatic rings. The van der Waals surface area contributed by atoms with E-state index in [9.17, 15) is 9.18 Å². The molecule has 0 aromatic carbocycles. The van der Waals surface area contributed by atoms with E-state index in [0.717, 1.165) is 18.8 Å². The van der Waals surface area contributed by atoms with Crippen LogP contribution < -0.4 is 4.90 Å². The fourth-order valence-corrected chi connectivity index (χ4v) is 2.45. The quantitative estimate of drug-likeness (QED) is 0.857. The van der Waals surface area contributed by atoms with Gasteiger partial charge in [0.15, 0.2) is 5.82 Å². The molecule has 0 radical (unpaired) electrons. The number of rotatable bonds is 3. The van der Waals surface area contributed by atoms with Crippen molar-refractivity contribution in [2.24, 2.45) is 5.92 Å². The Morgan fingerprint density at radius 2 is 2.09 bits per heavy atom. The van der Waals surface area contributed by atoms with E-state index in [-0.39, 0.29) is 6.09 Å². The van der Waals surface area contributed by atoms with Gasteiger partial charge in [0.25, 0.3) is 0 Å². The Morgan fingerprint density at radius 3 is 2.68 bits per heavy atom. The number of anilines is 1. The van der Waals surface area contributed by atoms with Crippen LogP contribution in [-0.2, 0) is 4.74 Å². The van der Waals surface area contributed by atoms with E-state index in [4.69, 9.17) is 4.74 Å². The Morgan fingerprint density at radius 1 is 1.45 bits per heavy atom. The summed E-state index contributed by atoms with van der Waals surface area (Å²) in [7, 11) is 1.86. The van der Waals surface area contributed by atoms with Crippen molar-refractivity contribution in [2.75, 3.05) is 31.6 Å². The molecule has 1 saturated heterocycles. The Hall–Kier alpha value is -1.92. The third kappa shape index (κ3) is 4.54. The van der Waals surface area contributed by atoms with Gasteiger partial charge in [-0.3, -0.25) is 0 Å². The van der Waals surface area contributed by atoms with Gasteiger partial charge in [-0.05, 0) is 33.1 Å². The Labute approximate surface area is 130 Å². The van der Waals surface area contributed by atoms with Gasteiger partial charge in [0.2, 0.25) is 5.95 Å². The number of hydrogen-bond acceptors (Lipinski definition) is 5. The van der Waals surface area contributed by atoms with Gasteiger partial charge in [0.05, 0.1) is 12.4 Å². The molecule has 22 heavy (non-hydrogen) atoms. The van der Waals surface area contributed by atoms with Crippen molar-refractivity contribution in [3.05, 3.63) is 18.2 Å². The summed E-state index contributed by atoms with van der Waals surface area (Å²) in [5.74, 6) is 0.359. The number of carbonyl (C=O) groups excluding carboxylic acids is 1. The van der Waals surface area contributed by atoms with Crippen LogP contribution in [0.1, 0.15) is 27.2 Å². The summed E-state index contributed by atoms with van der Waals surface area (Å²) in [6, 6.07) is 0. The Kier molecular flexibility index (Phi) is 4.83. The number of aromatic nitrogens is 2. The molecule has 0 unspecified atom stereocenters. The zero-order chi connectivity index (χ0) is 16.3. The van der Waals surface area contributed by atoms with Crippen molar-refractivity contribution >= 4 is 12.0 Å². The third-order valence-corrected chi connectivity index (χ3v) is 3.42. The lowest BCUT2D eigenvalue weighted by Gasteiger charge is -2.25. The van der Waals surface area contributed by atoms with Crippen LogP contribution in [0.4, 0.5) is 15.1 Å². The van der Waals surface area contributed by atoms with Crippen molar-refractivity contribution in [3.63, 3.8) is 0 Å². The largest absolute Gasteiger partial charge is 0.444 e. The molecule has 0 aliphatic carbocycles. The average Bonchev–Trinajstić information content (AvgIpc) is 2.86. The van der Waals surface area contributed by atoms with Crippen LogP contribution in [0.25, 0.3) is 0 Å². The molecule has 0 saturated carbocycles. The summed E-state index contributed by atoms with van der Waals surface area (Å²) >= 11 is 0. The van der Waals surface area contributed by atoms with Crippen LogP contribution in [0.5, 0.6) is 0 Å². The highest BCUT2D eigenvalue weighted by atomic mass is 19.1. The highest BCUT2D eigenvalue weighted by molar-refractivity contribution is 5.68. The first kappa shape index (κ1) is 16.5.